The summed E-state index contributed by atoms with van der Waals surface area (Å²) < 4.78 is 0. The minimum atomic E-state index is -0.532. The van der Waals surface area contributed by atoms with Crippen LogP contribution in [0.4, 0.5) is 9.93 Å². The van der Waals surface area contributed by atoms with Gasteiger partial charge in [-0.2, -0.15) is 0 Å². The summed E-state index contributed by atoms with van der Waals surface area (Å²) >= 11 is 1.47. The predicted molar refractivity (Wildman–Crippen MR) is 84.9 cm³/mol. The van der Waals surface area contributed by atoms with E-state index in [4.69, 9.17) is 5.73 Å². The molecule has 1 heterocycles. The molecule has 3 N–H and O–H groups in total. The van der Waals surface area contributed by atoms with Crippen molar-refractivity contribution in [2.24, 2.45) is 5.73 Å². The molecule has 0 aliphatic carbocycles. The molecule has 0 fully saturated rings. The summed E-state index contributed by atoms with van der Waals surface area (Å²) in [6, 6.07) is 6.54. The van der Waals surface area contributed by atoms with Crippen LogP contribution in [-0.2, 0) is 6.42 Å². The number of hydrogen-bond acceptors (Lipinski definition) is 4. The van der Waals surface area contributed by atoms with Crippen LogP contribution in [0.3, 0.4) is 0 Å². The molecule has 6 heteroatoms. The Balaban J connectivity index is 2.12. The molecule has 21 heavy (non-hydrogen) atoms. The number of urea groups is 1. The number of phenolic OH excluding ortho intramolecular Hbond substituents is 1. The molecule has 0 saturated heterocycles. The Bertz CT molecular complexity index is 625. The monoisotopic (exact) mass is 305 g/mol. The van der Waals surface area contributed by atoms with Gasteiger partial charge >= 0.3 is 6.03 Å². The highest BCUT2D eigenvalue weighted by molar-refractivity contribution is 7.15. The van der Waals surface area contributed by atoms with E-state index in [1.165, 1.54) is 16.2 Å². The molecule has 0 aliphatic heterocycles. The lowest BCUT2D eigenvalue weighted by atomic mass is 10.1. The maximum Gasteiger partial charge on any atom is 0.321 e. The quantitative estimate of drug-likeness (QED) is 0.890. The molecule has 0 atom stereocenters. The molecule has 0 bridgehead atoms. The van der Waals surface area contributed by atoms with Crippen molar-refractivity contribution in [1.29, 1.82) is 0 Å². The Morgan fingerprint density at radius 1 is 1.43 bits per heavy atom. The van der Waals surface area contributed by atoms with Crippen LogP contribution < -0.4 is 10.6 Å². The van der Waals surface area contributed by atoms with E-state index in [2.05, 4.69) is 18.8 Å². The molecule has 2 aromatic rings. The van der Waals surface area contributed by atoms with Crippen LogP contribution >= 0.6 is 11.3 Å². The van der Waals surface area contributed by atoms with Crippen molar-refractivity contribution in [1.82, 2.24) is 4.98 Å². The van der Waals surface area contributed by atoms with Gasteiger partial charge in [0, 0.05) is 17.6 Å². The molecule has 0 spiro atoms. The first-order valence-corrected chi connectivity index (χ1v) is 7.60. The molecule has 0 aliphatic rings. The first-order valence-electron chi connectivity index (χ1n) is 6.78. The highest BCUT2D eigenvalue weighted by Gasteiger charge is 2.17. The van der Waals surface area contributed by atoms with Crippen molar-refractivity contribution < 1.29 is 9.90 Å². The molecule has 112 valence electrons. The van der Waals surface area contributed by atoms with E-state index < -0.39 is 6.03 Å². The Hall–Kier alpha value is -2.08. The van der Waals surface area contributed by atoms with Gasteiger partial charge in [-0.1, -0.05) is 32.0 Å². The minimum absolute atomic E-state index is 0.226. The zero-order chi connectivity index (χ0) is 15.4. The molecular formula is C15H19N3O2S. The number of carbonyl (C=O) groups excluding carboxylic acids is 1. The molecule has 1 aromatic carbocycles. The second-order valence-corrected chi connectivity index (χ2v) is 6.11. The standard InChI is InChI=1S/C15H19N3O2S/c1-10(2)13-9-17-15(21-13)18(14(16)20)8-7-11-5-3-4-6-12(11)19/h3-6,9-10,19H,7-8H2,1-2H3,(H2,16,20). The smallest absolute Gasteiger partial charge is 0.321 e. The highest BCUT2D eigenvalue weighted by atomic mass is 32.1. The van der Waals surface area contributed by atoms with Gasteiger partial charge in [0.2, 0.25) is 0 Å². The number of rotatable bonds is 5. The van der Waals surface area contributed by atoms with E-state index in [-0.39, 0.29) is 5.75 Å². The Kier molecular flexibility index (Phi) is 4.80. The van der Waals surface area contributed by atoms with Crippen LogP contribution in [0.2, 0.25) is 0 Å². The summed E-state index contributed by atoms with van der Waals surface area (Å²) in [6.45, 7) is 4.54. The number of benzene rings is 1. The van der Waals surface area contributed by atoms with Gasteiger partial charge in [-0.05, 0) is 24.0 Å². The maximum absolute atomic E-state index is 11.6. The first kappa shape index (κ1) is 15.3. The van der Waals surface area contributed by atoms with Crippen molar-refractivity contribution in [3.8, 4) is 5.75 Å². The number of phenols is 1. The molecular weight excluding hydrogens is 286 g/mol. The average Bonchev–Trinajstić information content (AvgIpc) is 2.90. The summed E-state index contributed by atoms with van der Waals surface area (Å²) in [4.78, 5) is 18.5. The first-order chi connectivity index (χ1) is 9.99. The fourth-order valence-corrected chi connectivity index (χ4v) is 2.87. The van der Waals surface area contributed by atoms with Crippen molar-refractivity contribution in [3.05, 3.63) is 40.9 Å². The van der Waals surface area contributed by atoms with Crippen LogP contribution in [-0.4, -0.2) is 22.7 Å². The van der Waals surface area contributed by atoms with Crippen molar-refractivity contribution in [2.75, 3.05) is 11.4 Å². The second-order valence-electron chi connectivity index (χ2n) is 5.07. The van der Waals surface area contributed by atoms with Gasteiger partial charge in [-0.3, -0.25) is 4.90 Å². The van der Waals surface area contributed by atoms with Gasteiger partial charge in [0.15, 0.2) is 5.13 Å². The van der Waals surface area contributed by atoms with E-state index in [0.29, 0.717) is 24.0 Å². The summed E-state index contributed by atoms with van der Waals surface area (Å²) in [6.07, 6.45) is 2.30. The third-order valence-corrected chi connectivity index (χ3v) is 4.49. The van der Waals surface area contributed by atoms with Crippen LogP contribution in [0.1, 0.15) is 30.2 Å². The van der Waals surface area contributed by atoms with Crippen LogP contribution in [0.25, 0.3) is 0 Å². The van der Waals surface area contributed by atoms with Gasteiger partial charge in [0.1, 0.15) is 5.75 Å². The number of aromatic hydroxyl groups is 1. The van der Waals surface area contributed by atoms with Crippen molar-refractivity contribution in [2.45, 2.75) is 26.2 Å². The van der Waals surface area contributed by atoms with Crippen LogP contribution in [0.5, 0.6) is 5.75 Å². The molecule has 0 saturated carbocycles. The Morgan fingerprint density at radius 3 is 2.71 bits per heavy atom. The lowest BCUT2D eigenvalue weighted by Crippen LogP contribution is -2.37. The number of anilines is 1. The van der Waals surface area contributed by atoms with Gasteiger partial charge < -0.3 is 10.8 Å². The van der Waals surface area contributed by atoms with Gasteiger partial charge in [0.05, 0.1) is 0 Å². The molecule has 2 amide bonds. The number of nitrogens with zero attached hydrogens (tertiary/aromatic N) is 2. The third-order valence-electron chi connectivity index (χ3n) is 3.17. The predicted octanol–water partition coefficient (Wildman–Crippen LogP) is 3.10. The highest BCUT2D eigenvalue weighted by Crippen LogP contribution is 2.28. The third kappa shape index (κ3) is 3.72. The van der Waals surface area contributed by atoms with Gasteiger partial charge in [-0.15, -0.1) is 11.3 Å². The number of carbonyl (C=O) groups is 1. The van der Waals surface area contributed by atoms with E-state index in [9.17, 15) is 9.90 Å². The van der Waals surface area contributed by atoms with Gasteiger partial charge in [-0.25, -0.2) is 9.78 Å². The van der Waals surface area contributed by atoms with E-state index >= 15 is 0 Å². The molecule has 0 unspecified atom stereocenters. The number of amides is 2. The lowest BCUT2D eigenvalue weighted by molar-refractivity contribution is 0.254. The fourth-order valence-electron chi connectivity index (χ4n) is 1.92. The Labute approximate surface area is 128 Å². The molecule has 1 aromatic heterocycles. The topological polar surface area (TPSA) is 79.4 Å². The van der Waals surface area contributed by atoms with E-state index in [1.807, 2.05) is 12.1 Å². The number of para-hydroxylation sites is 1. The normalized spacial score (nSPS) is 10.8. The number of thiazole rings is 1. The van der Waals surface area contributed by atoms with E-state index in [0.717, 1.165) is 10.4 Å². The summed E-state index contributed by atoms with van der Waals surface area (Å²) in [5, 5.41) is 10.4. The average molecular weight is 305 g/mol. The van der Waals surface area contributed by atoms with Crippen molar-refractivity contribution >= 4 is 22.5 Å². The van der Waals surface area contributed by atoms with Gasteiger partial charge in [0.25, 0.3) is 0 Å². The second kappa shape index (κ2) is 6.58. The van der Waals surface area contributed by atoms with Crippen molar-refractivity contribution in [3.63, 3.8) is 0 Å². The van der Waals surface area contributed by atoms with Crippen LogP contribution in [0, 0.1) is 0 Å². The summed E-state index contributed by atoms with van der Waals surface area (Å²) in [5.74, 6) is 0.591. The lowest BCUT2D eigenvalue weighted by Gasteiger charge is -2.17. The number of aromatic nitrogens is 1. The van der Waals surface area contributed by atoms with Crippen LogP contribution in [0.15, 0.2) is 30.5 Å². The molecule has 5 nitrogen and oxygen atoms in total. The maximum atomic E-state index is 11.6. The summed E-state index contributed by atoms with van der Waals surface area (Å²) in [7, 11) is 0. The fraction of sp³-hybridized carbons (Fsp3) is 0.333. The van der Waals surface area contributed by atoms with E-state index in [1.54, 1.807) is 18.3 Å². The molecule has 2 rings (SSSR count). The zero-order valence-corrected chi connectivity index (χ0v) is 12.9. The molecule has 0 radical (unpaired) electrons. The Morgan fingerprint density at radius 2 is 2.14 bits per heavy atom. The number of primary amides is 1. The zero-order valence-electron chi connectivity index (χ0n) is 12.1. The SMILES string of the molecule is CC(C)c1cnc(N(CCc2ccccc2O)C(N)=O)s1. The largest absolute Gasteiger partial charge is 0.508 e. The summed E-state index contributed by atoms with van der Waals surface area (Å²) in [5.41, 5.74) is 6.23. The minimum Gasteiger partial charge on any atom is -0.508 e. The number of hydrogen-bond donors (Lipinski definition) is 2. The number of nitrogens with two attached hydrogens (primary N) is 1.